The Labute approximate surface area is 140 Å². The molecular weight excluding hydrogens is 340 g/mol. The Balaban J connectivity index is 3.46. The van der Waals surface area contributed by atoms with Gasteiger partial charge >= 0.3 is 17.9 Å². The predicted molar refractivity (Wildman–Crippen MR) is 78.7 cm³/mol. The van der Waals surface area contributed by atoms with Crippen molar-refractivity contribution in [1.29, 1.82) is 0 Å². The van der Waals surface area contributed by atoms with Crippen LogP contribution in [0.2, 0.25) is 0 Å². The zero-order valence-corrected chi connectivity index (χ0v) is 13.3. The van der Waals surface area contributed by atoms with E-state index in [4.69, 9.17) is 25.6 Å². The Morgan fingerprint density at radius 2 is 1.48 bits per heavy atom. The van der Waals surface area contributed by atoms with Crippen LogP contribution in [0.4, 0.5) is 0 Å². The molecule has 25 heavy (non-hydrogen) atoms. The molecule has 0 amide bonds. The highest BCUT2D eigenvalue weighted by molar-refractivity contribution is 5.68. The average Bonchev–Trinajstić information content (AvgIpc) is 2.49. The molecule has 0 aliphatic heterocycles. The molecule has 0 aromatic heterocycles. The van der Waals surface area contributed by atoms with Crippen LogP contribution in [0.25, 0.3) is 20.9 Å². The Morgan fingerprint density at radius 1 is 1.00 bits per heavy atom. The van der Waals surface area contributed by atoms with Crippen LogP contribution in [0.5, 0.6) is 0 Å². The first-order valence-corrected chi connectivity index (χ1v) is 7.05. The SMILES string of the molecule is CC(=O)O[C@H]1[C@H](O)[C@H](N=[N+]=[N-])[C@H](CC(=O)O)[C@@H](N=[N+]=[N-])[C@@H]1OC(C)=O. The molecule has 13 nitrogen and oxygen atoms in total. The van der Waals surface area contributed by atoms with Crippen molar-refractivity contribution in [2.45, 2.75) is 50.7 Å². The zero-order chi connectivity index (χ0) is 19.1. The first-order chi connectivity index (χ1) is 11.7. The number of carbonyl (C=O) groups is 3. The van der Waals surface area contributed by atoms with Gasteiger partial charge < -0.3 is 19.7 Å². The fraction of sp³-hybridized carbons (Fsp3) is 0.750. The van der Waals surface area contributed by atoms with E-state index in [1.807, 2.05) is 0 Å². The van der Waals surface area contributed by atoms with Gasteiger partial charge in [0.05, 0.1) is 12.1 Å². The molecule has 1 rings (SSSR count). The van der Waals surface area contributed by atoms with E-state index in [0.717, 1.165) is 13.8 Å². The van der Waals surface area contributed by atoms with Crippen molar-refractivity contribution in [3.05, 3.63) is 20.9 Å². The van der Waals surface area contributed by atoms with Crippen LogP contribution in [0.3, 0.4) is 0 Å². The fourth-order valence-corrected chi connectivity index (χ4v) is 2.81. The Kier molecular flexibility index (Phi) is 7.00. The van der Waals surface area contributed by atoms with E-state index in [1.165, 1.54) is 0 Å². The van der Waals surface area contributed by atoms with Crippen LogP contribution in [0, 0.1) is 5.92 Å². The second-order valence-corrected chi connectivity index (χ2v) is 5.29. The van der Waals surface area contributed by atoms with Crippen molar-refractivity contribution in [2.24, 2.45) is 16.1 Å². The third-order valence-corrected chi connectivity index (χ3v) is 3.61. The van der Waals surface area contributed by atoms with E-state index in [-0.39, 0.29) is 0 Å². The zero-order valence-electron chi connectivity index (χ0n) is 13.3. The first kappa shape index (κ1) is 20.0. The summed E-state index contributed by atoms with van der Waals surface area (Å²) in [6.45, 7) is 2.07. The lowest BCUT2D eigenvalue weighted by molar-refractivity contribution is -0.190. The van der Waals surface area contributed by atoms with Crippen LogP contribution >= 0.6 is 0 Å². The van der Waals surface area contributed by atoms with Gasteiger partial charge in [-0.15, -0.1) is 0 Å². The summed E-state index contributed by atoms with van der Waals surface area (Å²) in [6, 6.07) is -2.72. The molecule has 0 saturated heterocycles. The lowest BCUT2D eigenvalue weighted by atomic mass is 9.74. The third-order valence-electron chi connectivity index (χ3n) is 3.61. The summed E-state index contributed by atoms with van der Waals surface area (Å²) in [7, 11) is 0. The number of carbonyl (C=O) groups excluding carboxylic acids is 2. The molecule has 136 valence electrons. The first-order valence-electron chi connectivity index (χ1n) is 7.05. The lowest BCUT2D eigenvalue weighted by Crippen LogP contribution is -2.62. The largest absolute Gasteiger partial charge is 0.481 e. The number of esters is 2. The van der Waals surface area contributed by atoms with Crippen molar-refractivity contribution in [3.63, 3.8) is 0 Å². The van der Waals surface area contributed by atoms with Gasteiger partial charge in [-0.3, -0.25) is 14.4 Å². The molecule has 2 N–H and O–H groups in total. The minimum Gasteiger partial charge on any atom is -0.481 e. The van der Waals surface area contributed by atoms with Crippen LogP contribution in [0.15, 0.2) is 10.2 Å². The number of azide groups is 2. The van der Waals surface area contributed by atoms with Crippen molar-refractivity contribution in [1.82, 2.24) is 0 Å². The van der Waals surface area contributed by atoms with E-state index >= 15 is 0 Å². The van der Waals surface area contributed by atoms with Crippen molar-refractivity contribution >= 4 is 17.9 Å². The van der Waals surface area contributed by atoms with Crippen LogP contribution in [-0.4, -0.2) is 58.5 Å². The highest BCUT2D eigenvalue weighted by Gasteiger charge is 2.53. The standard InChI is InChI=1S/C12H16N6O7/c1-4(19)24-11-9(16-18-14)6(3-7(21)22)8(15-17-13)10(23)12(11)25-5(2)20/h6,8-12,23H,3H2,1-2H3,(H,21,22)/t6-,8+,9+,10+,11-,12-/m0/s1. The maximum absolute atomic E-state index is 11.4. The lowest BCUT2D eigenvalue weighted by Gasteiger charge is -2.45. The molecule has 0 bridgehead atoms. The summed E-state index contributed by atoms with van der Waals surface area (Å²) in [5.74, 6) is -4.17. The molecule has 0 spiro atoms. The molecule has 0 aromatic rings. The van der Waals surface area contributed by atoms with Crippen molar-refractivity contribution < 1.29 is 34.1 Å². The van der Waals surface area contributed by atoms with E-state index in [9.17, 15) is 19.5 Å². The summed E-state index contributed by atoms with van der Waals surface area (Å²) in [5, 5.41) is 26.2. The monoisotopic (exact) mass is 356 g/mol. The topological polar surface area (TPSA) is 208 Å². The summed E-state index contributed by atoms with van der Waals surface area (Å²) < 4.78 is 9.95. The number of ether oxygens (including phenoxy) is 2. The molecule has 6 atom stereocenters. The van der Waals surface area contributed by atoms with Crippen molar-refractivity contribution in [2.75, 3.05) is 0 Å². The molecule has 0 aromatic carbocycles. The normalized spacial score (nSPS) is 31.0. The number of rotatable bonds is 6. The quantitative estimate of drug-likeness (QED) is 0.300. The van der Waals surface area contributed by atoms with Gasteiger partial charge in [-0.1, -0.05) is 10.2 Å². The predicted octanol–water partition coefficient (Wildman–Crippen LogP) is 0.673. The molecule has 1 fully saturated rings. The number of carboxylic acid groups (broad SMARTS) is 1. The maximum Gasteiger partial charge on any atom is 0.303 e. The second kappa shape index (κ2) is 8.73. The average molecular weight is 356 g/mol. The molecule has 13 heteroatoms. The van der Waals surface area contributed by atoms with Gasteiger partial charge in [0.15, 0.2) is 6.10 Å². The van der Waals surface area contributed by atoms with E-state index < -0.39 is 60.6 Å². The van der Waals surface area contributed by atoms with Crippen molar-refractivity contribution in [3.8, 4) is 0 Å². The highest BCUT2D eigenvalue weighted by Crippen LogP contribution is 2.36. The molecule has 1 aliphatic rings. The summed E-state index contributed by atoms with van der Waals surface area (Å²) in [5.41, 5.74) is 17.5. The number of hydrogen-bond acceptors (Lipinski definition) is 8. The molecule has 1 aliphatic carbocycles. The van der Waals surface area contributed by atoms with Gasteiger partial charge in [0.25, 0.3) is 0 Å². The number of carboxylic acids is 1. The molecule has 1 saturated carbocycles. The van der Waals surface area contributed by atoms with Gasteiger partial charge in [-0.05, 0) is 17.0 Å². The van der Waals surface area contributed by atoms with Gasteiger partial charge in [0.1, 0.15) is 12.2 Å². The number of nitrogens with zero attached hydrogens (tertiary/aromatic N) is 6. The van der Waals surface area contributed by atoms with E-state index in [1.54, 1.807) is 0 Å². The summed E-state index contributed by atoms with van der Waals surface area (Å²) in [4.78, 5) is 38.9. The number of aliphatic hydroxyl groups excluding tert-OH is 1. The fourth-order valence-electron chi connectivity index (χ4n) is 2.81. The number of hydrogen-bond donors (Lipinski definition) is 2. The van der Waals surface area contributed by atoms with Crippen LogP contribution in [-0.2, 0) is 23.9 Å². The maximum atomic E-state index is 11.4. The number of aliphatic hydroxyl groups is 1. The summed E-state index contributed by atoms with van der Waals surface area (Å²) in [6.07, 6.45) is -5.26. The van der Waals surface area contributed by atoms with E-state index in [2.05, 4.69) is 20.1 Å². The molecular formula is C12H16N6O7. The van der Waals surface area contributed by atoms with Gasteiger partial charge in [0.2, 0.25) is 0 Å². The Bertz CT molecular complexity index is 642. The highest BCUT2D eigenvalue weighted by atomic mass is 16.6. The minimum absolute atomic E-state index is 0.644. The number of aliphatic carboxylic acids is 1. The van der Waals surface area contributed by atoms with E-state index in [0.29, 0.717) is 0 Å². The van der Waals surface area contributed by atoms with Gasteiger partial charge in [-0.2, -0.15) is 0 Å². The second-order valence-electron chi connectivity index (χ2n) is 5.29. The van der Waals surface area contributed by atoms with Crippen LogP contribution in [0.1, 0.15) is 20.3 Å². The minimum atomic E-state index is -1.67. The third kappa shape index (κ3) is 4.98. The molecule has 0 radical (unpaired) electrons. The molecule has 0 unspecified atom stereocenters. The smallest absolute Gasteiger partial charge is 0.303 e. The van der Waals surface area contributed by atoms with Crippen LogP contribution < -0.4 is 0 Å². The van der Waals surface area contributed by atoms with Gasteiger partial charge in [0, 0.05) is 30.1 Å². The summed E-state index contributed by atoms with van der Waals surface area (Å²) >= 11 is 0. The Hall–Kier alpha value is -3.01. The molecule has 0 heterocycles. The van der Waals surface area contributed by atoms with Gasteiger partial charge in [-0.25, -0.2) is 0 Å². The Morgan fingerprint density at radius 3 is 1.92 bits per heavy atom.